The molecule has 2 rings (SSSR count). The summed E-state index contributed by atoms with van der Waals surface area (Å²) < 4.78 is 1.36. The van der Waals surface area contributed by atoms with E-state index in [4.69, 9.17) is 0 Å². The van der Waals surface area contributed by atoms with Crippen molar-refractivity contribution < 1.29 is 4.79 Å². The molecule has 0 saturated carbocycles. The standard InChI is InChI=1S/C8H8OS2/c9-4-6-5-11-8-7(6)2-1-3-10-8/h4-5H,1-3H2. The molecule has 1 aliphatic rings. The molecule has 1 aromatic rings. The van der Waals surface area contributed by atoms with Crippen LogP contribution in [0, 0.1) is 0 Å². The summed E-state index contributed by atoms with van der Waals surface area (Å²) in [6.07, 6.45) is 3.29. The fraction of sp³-hybridized carbons (Fsp3) is 0.375. The summed E-state index contributed by atoms with van der Waals surface area (Å²) in [7, 11) is 0. The van der Waals surface area contributed by atoms with Crippen molar-refractivity contribution in [3.05, 3.63) is 16.5 Å². The number of aldehydes is 1. The van der Waals surface area contributed by atoms with Gasteiger partial charge < -0.3 is 0 Å². The van der Waals surface area contributed by atoms with E-state index in [9.17, 15) is 4.79 Å². The van der Waals surface area contributed by atoms with E-state index in [1.54, 1.807) is 11.3 Å². The van der Waals surface area contributed by atoms with Gasteiger partial charge in [0.2, 0.25) is 0 Å². The summed E-state index contributed by atoms with van der Waals surface area (Å²) in [5.74, 6) is 1.21. The van der Waals surface area contributed by atoms with Gasteiger partial charge in [0.25, 0.3) is 0 Å². The molecule has 11 heavy (non-hydrogen) atoms. The first-order valence-corrected chi connectivity index (χ1v) is 5.46. The number of fused-ring (bicyclic) bond motifs is 1. The normalized spacial score (nSPS) is 16.0. The van der Waals surface area contributed by atoms with E-state index in [2.05, 4.69) is 0 Å². The first kappa shape index (κ1) is 7.37. The highest BCUT2D eigenvalue weighted by Crippen LogP contribution is 2.36. The SMILES string of the molecule is O=Cc1csc2c1CCCS2. The molecule has 3 heteroatoms. The molecule has 2 heterocycles. The monoisotopic (exact) mass is 184 g/mol. The molecular weight excluding hydrogens is 176 g/mol. The minimum Gasteiger partial charge on any atom is -0.298 e. The van der Waals surface area contributed by atoms with E-state index in [-0.39, 0.29) is 0 Å². The lowest BCUT2D eigenvalue weighted by molar-refractivity contribution is 0.112. The number of hydrogen-bond donors (Lipinski definition) is 0. The first-order valence-electron chi connectivity index (χ1n) is 3.60. The fourth-order valence-electron chi connectivity index (χ4n) is 1.26. The van der Waals surface area contributed by atoms with Crippen molar-refractivity contribution in [1.82, 2.24) is 0 Å². The molecule has 0 N–H and O–H groups in total. The topological polar surface area (TPSA) is 17.1 Å². The van der Waals surface area contributed by atoms with Gasteiger partial charge in [0, 0.05) is 10.9 Å². The number of hydrogen-bond acceptors (Lipinski definition) is 3. The highest BCUT2D eigenvalue weighted by molar-refractivity contribution is 8.01. The number of rotatable bonds is 1. The van der Waals surface area contributed by atoms with Gasteiger partial charge in [-0.05, 0) is 24.2 Å². The van der Waals surface area contributed by atoms with Gasteiger partial charge in [-0.25, -0.2) is 0 Å². The van der Waals surface area contributed by atoms with Crippen molar-refractivity contribution in [2.24, 2.45) is 0 Å². The zero-order valence-electron chi connectivity index (χ0n) is 6.00. The third kappa shape index (κ3) is 1.23. The number of thioether (sulfide) groups is 1. The van der Waals surface area contributed by atoms with Crippen LogP contribution < -0.4 is 0 Å². The lowest BCUT2D eigenvalue weighted by Crippen LogP contribution is -1.97. The van der Waals surface area contributed by atoms with Crippen LogP contribution in [0.1, 0.15) is 22.3 Å². The molecule has 0 unspecified atom stereocenters. The molecule has 0 spiro atoms. The molecule has 0 amide bonds. The maximum Gasteiger partial charge on any atom is 0.151 e. The van der Waals surface area contributed by atoms with Crippen LogP contribution in [0.4, 0.5) is 0 Å². The van der Waals surface area contributed by atoms with Crippen molar-refractivity contribution in [3.8, 4) is 0 Å². The Morgan fingerprint density at radius 3 is 3.27 bits per heavy atom. The van der Waals surface area contributed by atoms with Gasteiger partial charge in [0.1, 0.15) is 0 Å². The molecule has 58 valence electrons. The summed E-state index contributed by atoms with van der Waals surface area (Å²) in [6, 6.07) is 0. The average molecular weight is 184 g/mol. The Kier molecular flexibility index (Phi) is 2.00. The Bertz CT molecular complexity index is 278. The third-order valence-electron chi connectivity index (χ3n) is 1.82. The fourth-order valence-corrected chi connectivity index (χ4v) is 3.59. The van der Waals surface area contributed by atoms with E-state index in [1.807, 2.05) is 17.1 Å². The Labute approximate surface area is 73.8 Å². The number of carbonyl (C=O) groups is 1. The van der Waals surface area contributed by atoms with Crippen molar-refractivity contribution >= 4 is 29.4 Å². The van der Waals surface area contributed by atoms with Gasteiger partial charge >= 0.3 is 0 Å². The molecule has 0 atom stereocenters. The number of thiophene rings is 1. The summed E-state index contributed by atoms with van der Waals surface area (Å²) in [5.41, 5.74) is 2.21. The van der Waals surface area contributed by atoms with Crippen molar-refractivity contribution in [2.75, 3.05) is 5.75 Å². The highest BCUT2D eigenvalue weighted by Gasteiger charge is 2.14. The summed E-state index contributed by atoms with van der Waals surface area (Å²) >= 11 is 3.59. The van der Waals surface area contributed by atoms with Crippen LogP contribution >= 0.6 is 23.1 Å². The minimum absolute atomic E-state index is 0.914. The summed E-state index contributed by atoms with van der Waals surface area (Å²) in [5, 5.41) is 1.97. The zero-order valence-corrected chi connectivity index (χ0v) is 7.63. The van der Waals surface area contributed by atoms with Crippen molar-refractivity contribution in [2.45, 2.75) is 17.1 Å². The largest absolute Gasteiger partial charge is 0.298 e. The lowest BCUT2D eigenvalue weighted by Gasteiger charge is -2.09. The third-order valence-corrected chi connectivity index (χ3v) is 4.29. The van der Waals surface area contributed by atoms with Gasteiger partial charge in [-0.1, -0.05) is 0 Å². The van der Waals surface area contributed by atoms with Gasteiger partial charge in [-0.15, -0.1) is 23.1 Å². The smallest absolute Gasteiger partial charge is 0.151 e. The second-order valence-corrected chi connectivity index (χ2v) is 4.77. The van der Waals surface area contributed by atoms with E-state index in [0.29, 0.717) is 0 Å². The van der Waals surface area contributed by atoms with Crippen LogP contribution in [0.2, 0.25) is 0 Å². The molecule has 0 radical (unpaired) electrons. The quantitative estimate of drug-likeness (QED) is 0.624. The van der Waals surface area contributed by atoms with Gasteiger partial charge in [-0.2, -0.15) is 0 Å². The molecule has 1 nitrogen and oxygen atoms in total. The van der Waals surface area contributed by atoms with Crippen LogP contribution in [0.3, 0.4) is 0 Å². The van der Waals surface area contributed by atoms with Gasteiger partial charge in [0.05, 0.1) is 4.21 Å². The highest BCUT2D eigenvalue weighted by atomic mass is 32.2. The van der Waals surface area contributed by atoms with Crippen LogP contribution in [0.25, 0.3) is 0 Å². The van der Waals surface area contributed by atoms with Gasteiger partial charge in [-0.3, -0.25) is 4.79 Å². The average Bonchev–Trinajstić information content (AvgIpc) is 2.47. The second kappa shape index (κ2) is 2.99. The predicted molar refractivity (Wildman–Crippen MR) is 48.8 cm³/mol. The Hall–Kier alpha value is -0.280. The van der Waals surface area contributed by atoms with E-state index in [1.165, 1.54) is 21.9 Å². The lowest BCUT2D eigenvalue weighted by atomic mass is 10.1. The zero-order chi connectivity index (χ0) is 7.68. The first-order chi connectivity index (χ1) is 5.42. The molecular formula is C8H8OS2. The molecule has 1 aliphatic heterocycles. The summed E-state index contributed by atoms with van der Waals surface area (Å²) in [4.78, 5) is 10.5. The van der Waals surface area contributed by atoms with Crippen molar-refractivity contribution in [1.29, 1.82) is 0 Å². The van der Waals surface area contributed by atoms with Gasteiger partial charge in [0.15, 0.2) is 6.29 Å². The number of carbonyl (C=O) groups excluding carboxylic acids is 1. The van der Waals surface area contributed by atoms with Crippen LogP contribution in [-0.4, -0.2) is 12.0 Å². The second-order valence-electron chi connectivity index (χ2n) is 2.53. The van der Waals surface area contributed by atoms with E-state index in [0.717, 1.165) is 18.3 Å². The minimum atomic E-state index is 0.914. The molecule has 1 aromatic heterocycles. The predicted octanol–water partition coefficient (Wildman–Crippen LogP) is 2.60. The molecule has 0 bridgehead atoms. The molecule has 0 aliphatic carbocycles. The van der Waals surface area contributed by atoms with Crippen LogP contribution in [0.15, 0.2) is 9.59 Å². The summed E-state index contributed by atoms with van der Waals surface area (Å²) in [6.45, 7) is 0. The Morgan fingerprint density at radius 2 is 2.45 bits per heavy atom. The van der Waals surface area contributed by atoms with Crippen molar-refractivity contribution in [3.63, 3.8) is 0 Å². The van der Waals surface area contributed by atoms with Crippen LogP contribution in [0.5, 0.6) is 0 Å². The van der Waals surface area contributed by atoms with Crippen LogP contribution in [-0.2, 0) is 6.42 Å². The maximum absolute atomic E-state index is 10.5. The molecule has 0 saturated heterocycles. The maximum atomic E-state index is 10.5. The molecule has 0 aromatic carbocycles. The Morgan fingerprint density at radius 1 is 1.55 bits per heavy atom. The Balaban J connectivity index is 2.45. The van der Waals surface area contributed by atoms with E-state index < -0.39 is 0 Å². The molecule has 0 fully saturated rings. The van der Waals surface area contributed by atoms with E-state index >= 15 is 0 Å².